The second-order valence-corrected chi connectivity index (χ2v) is 5.06. The highest BCUT2D eigenvalue weighted by molar-refractivity contribution is 5.62. The molecule has 2 aromatic carbocycles. The number of H-pyrrole nitrogens is 1. The number of ether oxygens (including phenoxy) is 1. The van der Waals surface area contributed by atoms with Crippen LogP contribution in [0, 0.1) is 0 Å². The zero-order valence-electron chi connectivity index (χ0n) is 12.4. The summed E-state index contributed by atoms with van der Waals surface area (Å²) in [4.78, 5) is 7.71. The van der Waals surface area contributed by atoms with Crippen LogP contribution in [0.15, 0.2) is 54.6 Å². The number of nitrogens with one attached hydrogen (secondary N) is 1. The zero-order chi connectivity index (χ0) is 15.4. The van der Waals surface area contributed by atoms with E-state index in [1.54, 1.807) is 7.11 Å². The molecule has 22 heavy (non-hydrogen) atoms. The summed E-state index contributed by atoms with van der Waals surface area (Å²) in [5.74, 6) is 1.43. The first-order valence-corrected chi connectivity index (χ1v) is 7.17. The number of aromatic nitrogens is 2. The van der Waals surface area contributed by atoms with Crippen LogP contribution in [0.4, 0.5) is 0 Å². The molecule has 0 spiro atoms. The van der Waals surface area contributed by atoms with Gasteiger partial charge < -0.3 is 14.8 Å². The molecule has 3 aromatic rings. The number of hydrogen-bond donors (Lipinski definition) is 2. The highest BCUT2D eigenvalue weighted by atomic mass is 16.5. The molecule has 0 saturated heterocycles. The van der Waals surface area contributed by atoms with Crippen molar-refractivity contribution >= 4 is 0 Å². The molecular formula is C18H18N2O2. The van der Waals surface area contributed by atoms with E-state index < -0.39 is 0 Å². The van der Waals surface area contributed by atoms with Crippen molar-refractivity contribution in [1.29, 1.82) is 0 Å². The van der Waals surface area contributed by atoms with Crippen molar-refractivity contribution in [1.82, 2.24) is 9.97 Å². The van der Waals surface area contributed by atoms with Crippen molar-refractivity contribution in [3.8, 4) is 17.0 Å². The molecule has 0 bridgehead atoms. The Morgan fingerprint density at radius 2 is 1.77 bits per heavy atom. The fraction of sp³-hybridized carbons (Fsp3) is 0.167. The fourth-order valence-corrected chi connectivity index (χ4v) is 2.45. The van der Waals surface area contributed by atoms with Crippen LogP contribution in [-0.4, -0.2) is 22.2 Å². The van der Waals surface area contributed by atoms with E-state index >= 15 is 0 Å². The van der Waals surface area contributed by atoms with Crippen molar-refractivity contribution in [2.75, 3.05) is 7.11 Å². The third-order valence-corrected chi connectivity index (χ3v) is 3.56. The topological polar surface area (TPSA) is 58.1 Å². The van der Waals surface area contributed by atoms with Crippen molar-refractivity contribution in [3.63, 3.8) is 0 Å². The lowest BCUT2D eigenvalue weighted by molar-refractivity contribution is 0.272. The molecule has 1 aromatic heterocycles. The Kier molecular flexibility index (Phi) is 4.21. The molecule has 0 atom stereocenters. The minimum absolute atomic E-state index is 0.0948. The molecule has 0 unspecified atom stereocenters. The van der Waals surface area contributed by atoms with Crippen LogP contribution in [0.2, 0.25) is 0 Å². The van der Waals surface area contributed by atoms with E-state index in [1.165, 1.54) is 0 Å². The molecule has 1 heterocycles. The average Bonchev–Trinajstić information content (AvgIpc) is 2.99. The molecule has 0 aliphatic carbocycles. The van der Waals surface area contributed by atoms with Crippen LogP contribution < -0.4 is 4.74 Å². The normalized spacial score (nSPS) is 10.6. The first kappa shape index (κ1) is 14.4. The minimum Gasteiger partial charge on any atom is -0.497 e. The third-order valence-electron chi connectivity index (χ3n) is 3.56. The summed E-state index contributed by atoms with van der Waals surface area (Å²) in [5, 5.41) is 9.35. The number of imidazole rings is 1. The number of aliphatic hydroxyl groups excluding tert-OH is 1. The number of aromatic amines is 1. The Morgan fingerprint density at radius 3 is 2.41 bits per heavy atom. The van der Waals surface area contributed by atoms with Gasteiger partial charge in [-0.3, -0.25) is 0 Å². The van der Waals surface area contributed by atoms with Gasteiger partial charge in [-0.05, 0) is 17.7 Å². The number of methoxy groups -OCH3 is 1. The number of benzene rings is 2. The maximum Gasteiger partial charge on any atom is 0.132 e. The summed E-state index contributed by atoms with van der Waals surface area (Å²) in [6.45, 7) is -0.0948. The third kappa shape index (κ3) is 3.02. The van der Waals surface area contributed by atoms with Gasteiger partial charge in [-0.1, -0.05) is 42.5 Å². The minimum atomic E-state index is -0.0948. The lowest BCUT2D eigenvalue weighted by atomic mass is 10.0. The first-order valence-electron chi connectivity index (χ1n) is 7.17. The lowest BCUT2D eigenvalue weighted by Gasteiger charge is -2.05. The van der Waals surface area contributed by atoms with Crippen molar-refractivity contribution in [2.24, 2.45) is 0 Å². The predicted octanol–water partition coefficient (Wildman–Crippen LogP) is 3.17. The van der Waals surface area contributed by atoms with Crippen molar-refractivity contribution in [2.45, 2.75) is 13.0 Å². The summed E-state index contributed by atoms with van der Waals surface area (Å²) in [7, 11) is 1.66. The summed E-state index contributed by atoms with van der Waals surface area (Å²) >= 11 is 0. The van der Waals surface area contributed by atoms with Crippen LogP contribution in [0.1, 0.15) is 17.1 Å². The van der Waals surface area contributed by atoms with Gasteiger partial charge in [0.05, 0.1) is 12.8 Å². The van der Waals surface area contributed by atoms with E-state index in [9.17, 15) is 5.11 Å². The van der Waals surface area contributed by atoms with Crippen molar-refractivity contribution < 1.29 is 9.84 Å². The Balaban J connectivity index is 1.93. The lowest BCUT2D eigenvalue weighted by Crippen LogP contribution is -1.92. The molecule has 4 heteroatoms. The predicted molar refractivity (Wildman–Crippen MR) is 85.7 cm³/mol. The summed E-state index contributed by atoms with van der Waals surface area (Å²) in [6.07, 6.45) is 0.723. The summed E-state index contributed by atoms with van der Waals surface area (Å²) < 4.78 is 5.18. The Morgan fingerprint density at radius 1 is 1.05 bits per heavy atom. The van der Waals surface area contributed by atoms with Gasteiger partial charge in [0.2, 0.25) is 0 Å². The Bertz CT molecular complexity index is 734. The van der Waals surface area contributed by atoms with E-state index in [0.29, 0.717) is 5.82 Å². The standard InChI is InChI=1S/C18H18N2O2/c1-22-15-9-7-13(8-10-15)11-16-18(20-17(12-21)19-16)14-5-3-2-4-6-14/h2-10,21H,11-12H2,1H3,(H,19,20). The molecule has 0 fully saturated rings. The molecule has 0 aliphatic heterocycles. The average molecular weight is 294 g/mol. The maximum absolute atomic E-state index is 9.35. The second kappa shape index (κ2) is 6.45. The molecule has 2 N–H and O–H groups in total. The molecular weight excluding hydrogens is 276 g/mol. The molecule has 3 rings (SSSR count). The highest BCUT2D eigenvalue weighted by Crippen LogP contribution is 2.24. The molecule has 0 aliphatic rings. The summed E-state index contributed by atoms with van der Waals surface area (Å²) in [6, 6.07) is 18.0. The molecule has 0 radical (unpaired) electrons. The van der Waals surface area contributed by atoms with Crippen molar-refractivity contribution in [3.05, 3.63) is 71.7 Å². The van der Waals surface area contributed by atoms with Crippen LogP contribution in [0.3, 0.4) is 0 Å². The first-order chi connectivity index (χ1) is 10.8. The number of rotatable bonds is 5. The van der Waals surface area contributed by atoms with Gasteiger partial charge in [0.15, 0.2) is 0 Å². The highest BCUT2D eigenvalue weighted by Gasteiger charge is 2.12. The van der Waals surface area contributed by atoms with E-state index in [0.717, 1.165) is 34.7 Å². The van der Waals surface area contributed by atoms with Gasteiger partial charge in [0, 0.05) is 17.7 Å². The zero-order valence-corrected chi connectivity index (χ0v) is 12.4. The van der Waals surface area contributed by atoms with E-state index in [4.69, 9.17) is 4.74 Å². The Hall–Kier alpha value is -2.59. The maximum atomic E-state index is 9.35. The van der Waals surface area contributed by atoms with Crippen LogP contribution >= 0.6 is 0 Å². The Labute approximate surface area is 129 Å². The summed E-state index contributed by atoms with van der Waals surface area (Å²) in [5.41, 5.74) is 4.09. The van der Waals surface area contributed by atoms with Gasteiger partial charge in [0.25, 0.3) is 0 Å². The van der Waals surface area contributed by atoms with Gasteiger partial charge in [-0.25, -0.2) is 4.98 Å². The van der Waals surface area contributed by atoms with Gasteiger partial charge in [0.1, 0.15) is 18.2 Å². The monoisotopic (exact) mass is 294 g/mol. The van der Waals surface area contributed by atoms with E-state index in [1.807, 2.05) is 54.6 Å². The quantitative estimate of drug-likeness (QED) is 0.760. The smallest absolute Gasteiger partial charge is 0.132 e. The fourth-order valence-electron chi connectivity index (χ4n) is 2.45. The SMILES string of the molecule is COc1ccc(Cc2[nH]c(CO)nc2-c2ccccc2)cc1. The van der Waals surface area contributed by atoms with Gasteiger partial charge in [-0.2, -0.15) is 0 Å². The van der Waals surface area contributed by atoms with Gasteiger partial charge >= 0.3 is 0 Å². The molecule has 0 saturated carbocycles. The van der Waals surface area contributed by atoms with E-state index in [-0.39, 0.29) is 6.61 Å². The molecule has 4 nitrogen and oxygen atoms in total. The van der Waals surface area contributed by atoms with Crippen LogP contribution in [0.5, 0.6) is 5.75 Å². The largest absolute Gasteiger partial charge is 0.497 e. The van der Waals surface area contributed by atoms with Crippen LogP contribution in [0.25, 0.3) is 11.3 Å². The molecule has 112 valence electrons. The van der Waals surface area contributed by atoms with E-state index in [2.05, 4.69) is 9.97 Å². The van der Waals surface area contributed by atoms with Crippen LogP contribution in [-0.2, 0) is 13.0 Å². The number of hydrogen-bond acceptors (Lipinski definition) is 3. The second-order valence-electron chi connectivity index (χ2n) is 5.06. The number of aliphatic hydroxyl groups is 1. The van der Waals surface area contributed by atoms with Gasteiger partial charge in [-0.15, -0.1) is 0 Å². The molecule has 0 amide bonds. The number of nitrogens with zero attached hydrogens (tertiary/aromatic N) is 1.